The fraction of sp³-hybridized carbons (Fsp3) is 1.00. The van der Waals surface area contributed by atoms with E-state index in [1.807, 2.05) is 0 Å². The Balaban J connectivity index is 2.41. The van der Waals surface area contributed by atoms with Crippen molar-refractivity contribution in [3.63, 3.8) is 0 Å². The molecule has 1 unspecified atom stereocenters. The normalized spacial score (nSPS) is 34.3. The standard InChI is InChI=1S/C6H15ClSi2/c1-9(2)5-3-4-8(7)6-9/h8H,3-6H2,1-2H3. The van der Waals surface area contributed by atoms with Gasteiger partial charge in [0, 0.05) is 8.07 Å². The lowest BCUT2D eigenvalue weighted by Gasteiger charge is -2.29. The van der Waals surface area contributed by atoms with Crippen LogP contribution in [0.4, 0.5) is 0 Å². The lowest BCUT2D eigenvalue weighted by molar-refractivity contribution is 1.00. The Kier molecular flexibility index (Phi) is 2.40. The quantitative estimate of drug-likeness (QED) is 0.395. The minimum atomic E-state index is -0.724. The third-order valence-corrected chi connectivity index (χ3v) is 13.1. The van der Waals surface area contributed by atoms with Crippen molar-refractivity contribution in [3.05, 3.63) is 0 Å². The van der Waals surface area contributed by atoms with E-state index in [0.29, 0.717) is 0 Å². The van der Waals surface area contributed by atoms with Gasteiger partial charge in [-0.05, 0) is 6.04 Å². The van der Waals surface area contributed by atoms with Gasteiger partial charge in [-0.2, -0.15) is 11.1 Å². The van der Waals surface area contributed by atoms with Gasteiger partial charge in [0.05, 0.1) is 0 Å². The first-order valence-corrected chi connectivity index (χ1v) is 10.5. The van der Waals surface area contributed by atoms with Crippen molar-refractivity contribution < 1.29 is 0 Å². The molecule has 1 rings (SSSR count). The lowest BCUT2D eigenvalue weighted by Crippen LogP contribution is -2.34. The monoisotopic (exact) mass is 178 g/mol. The Bertz CT molecular complexity index is 103. The largest absolute Gasteiger partial charge is 0.172 e. The second-order valence-electron chi connectivity index (χ2n) is 3.86. The van der Waals surface area contributed by atoms with Gasteiger partial charge in [0.25, 0.3) is 0 Å². The molecule has 54 valence electrons. The molecule has 1 atom stereocenters. The Morgan fingerprint density at radius 3 is 2.44 bits per heavy atom. The van der Waals surface area contributed by atoms with Crippen LogP contribution in [0.5, 0.6) is 0 Å². The molecule has 9 heavy (non-hydrogen) atoms. The summed E-state index contributed by atoms with van der Waals surface area (Å²) in [5, 5.41) is 0. The van der Waals surface area contributed by atoms with Crippen LogP contribution in [0.3, 0.4) is 0 Å². The van der Waals surface area contributed by atoms with Gasteiger partial charge in [-0.15, -0.1) is 0 Å². The van der Waals surface area contributed by atoms with Crippen molar-refractivity contribution in [2.75, 3.05) is 0 Å². The maximum atomic E-state index is 6.17. The molecule has 0 radical (unpaired) electrons. The molecular formula is C6H15ClSi2. The van der Waals surface area contributed by atoms with Crippen LogP contribution in [-0.4, -0.2) is 16.2 Å². The molecule has 0 spiro atoms. The van der Waals surface area contributed by atoms with Crippen LogP contribution in [0.25, 0.3) is 0 Å². The third kappa shape index (κ3) is 2.44. The molecule has 3 heteroatoms. The molecule has 0 aromatic carbocycles. The Hall–Kier alpha value is 0.724. The van der Waals surface area contributed by atoms with Crippen LogP contribution in [0.15, 0.2) is 0 Å². The van der Waals surface area contributed by atoms with Crippen molar-refractivity contribution >= 4 is 27.3 Å². The number of hydrogen-bond acceptors (Lipinski definition) is 0. The zero-order chi connectivity index (χ0) is 6.91. The molecule has 0 aromatic rings. The van der Waals surface area contributed by atoms with Crippen molar-refractivity contribution in [3.8, 4) is 0 Å². The smallest absolute Gasteiger partial charge is 0.138 e. The first kappa shape index (κ1) is 7.83. The zero-order valence-electron chi connectivity index (χ0n) is 6.28. The second-order valence-corrected chi connectivity index (χ2v) is 13.9. The fourth-order valence-electron chi connectivity index (χ4n) is 1.61. The van der Waals surface area contributed by atoms with Gasteiger partial charge in [0.2, 0.25) is 0 Å². The molecular weight excluding hydrogens is 164 g/mol. The van der Waals surface area contributed by atoms with E-state index in [1.165, 1.54) is 24.2 Å². The summed E-state index contributed by atoms with van der Waals surface area (Å²) in [5.41, 5.74) is 1.48. The van der Waals surface area contributed by atoms with Crippen molar-refractivity contribution in [2.45, 2.75) is 37.3 Å². The molecule has 1 aliphatic heterocycles. The highest BCUT2D eigenvalue weighted by molar-refractivity contribution is 7.13. The highest BCUT2D eigenvalue weighted by Gasteiger charge is 2.29. The lowest BCUT2D eigenvalue weighted by atomic mass is 10.6. The third-order valence-electron chi connectivity index (χ3n) is 2.14. The van der Waals surface area contributed by atoms with E-state index in [9.17, 15) is 0 Å². The minimum absolute atomic E-state index is 0.686. The van der Waals surface area contributed by atoms with Crippen LogP contribution < -0.4 is 0 Å². The minimum Gasteiger partial charge on any atom is -0.172 e. The van der Waals surface area contributed by atoms with Gasteiger partial charge in [-0.1, -0.05) is 31.2 Å². The van der Waals surface area contributed by atoms with Crippen LogP contribution >= 0.6 is 11.1 Å². The van der Waals surface area contributed by atoms with Crippen molar-refractivity contribution in [1.82, 2.24) is 0 Å². The van der Waals surface area contributed by atoms with E-state index < -0.39 is 16.2 Å². The van der Waals surface area contributed by atoms with E-state index in [2.05, 4.69) is 13.1 Å². The molecule has 1 fully saturated rings. The van der Waals surface area contributed by atoms with Crippen LogP contribution in [0.2, 0.25) is 30.8 Å². The topological polar surface area (TPSA) is 0 Å². The van der Waals surface area contributed by atoms with Crippen LogP contribution in [0, 0.1) is 0 Å². The zero-order valence-corrected chi connectivity index (χ0v) is 9.19. The molecule has 0 bridgehead atoms. The number of hydrogen-bond donors (Lipinski definition) is 0. The average molecular weight is 179 g/mol. The highest BCUT2D eigenvalue weighted by Crippen LogP contribution is 2.29. The molecule has 0 saturated carbocycles. The summed E-state index contributed by atoms with van der Waals surface area (Å²) in [6.07, 6.45) is 1.44. The van der Waals surface area contributed by atoms with Gasteiger partial charge >= 0.3 is 0 Å². The number of rotatable bonds is 0. The van der Waals surface area contributed by atoms with E-state index >= 15 is 0 Å². The molecule has 1 saturated heterocycles. The van der Waals surface area contributed by atoms with E-state index in [0.717, 1.165) is 0 Å². The summed E-state index contributed by atoms with van der Waals surface area (Å²) in [6, 6.07) is 2.93. The summed E-state index contributed by atoms with van der Waals surface area (Å²) in [4.78, 5) is 0. The summed E-state index contributed by atoms with van der Waals surface area (Å²) in [7, 11) is -1.41. The van der Waals surface area contributed by atoms with Crippen molar-refractivity contribution in [2.24, 2.45) is 0 Å². The second kappa shape index (κ2) is 2.76. The van der Waals surface area contributed by atoms with Gasteiger partial charge in [-0.25, -0.2) is 0 Å². The average Bonchev–Trinajstić information content (AvgIpc) is 1.60. The Morgan fingerprint density at radius 2 is 2.11 bits per heavy atom. The fourth-order valence-corrected chi connectivity index (χ4v) is 14.5. The predicted octanol–water partition coefficient (Wildman–Crippen LogP) is 2.60. The summed E-state index contributed by atoms with van der Waals surface area (Å²) in [6.45, 7) is 4.96. The Labute approximate surface area is 64.9 Å². The van der Waals surface area contributed by atoms with Gasteiger partial charge in [0.1, 0.15) is 8.11 Å². The van der Waals surface area contributed by atoms with Crippen LogP contribution in [-0.2, 0) is 0 Å². The predicted molar refractivity (Wildman–Crippen MR) is 49.5 cm³/mol. The van der Waals surface area contributed by atoms with Crippen LogP contribution in [0.1, 0.15) is 6.42 Å². The summed E-state index contributed by atoms with van der Waals surface area (Å²) >= 11 is 6.17. The van der Waals surface area contributed by atoms with Gasteiger partial charge in [-0.3, -0.25) is 0 Å². The first-order chi connectivity index (χ1) is 4.10. The molecule has 0 N–H and O–H groups in total. The highest BCUT2D eigenvalue weighted by atomic mass is 35.6. The van der Waals surface area contributed by atoms with E-state index in [4.69, 9.17) is 11.1 Å². The molecule has 0 aromatic heterocycles. The molecule has 0 aliphatic carbocycles. The van der Waals surface area contributed by atoms with Gasteiger partial charge < -0.3 is 0 Å². The molecule has 0 nitrogen and oxygen atoms in total. The van der Waals surface area contributed by atoms with E-state index in [-0.39, 0.29) is 0 Å². The molecule has 1 heterocycles. The first-order valence-electron chi connectivity index (χ1n) is 3.74. The van der Waals surface area contributed by atoms with Gasteiger partial charge in [0.15, 0.2) is 0 Å². The number of halogens is 1. The SMILES string of the molecule is C[Si]1(C)CCC[SiH](Cl)C1. The molecule has 0 amide bonds. The molecule has 1 aliphatic rings. The maximum Gasteiger partial charge on any atom is 0.138 e. The summed E-state index contributed by atoms with van der Waals surface area (Å²) in [5.74, 6) is 0. The summed E-state index contributed by atoms with van der Waals surface area (Å²) < 4.78 is 0. The van der Waals surface area contributed by atoms with E-state index in [1.54, 1.807) is 0 Å². The Morgan fingerprint density at radius 1 is 1.44 bits per heavy atom. The maximum absolute atomic E-state index is 6.17. The van der Waals surface area contributed by atoms with Crippen molar-refractivity contribution in [1.29, 1.82) is 0 Å².